The number of benzene rings is 1. The third-order valence-electron chi connectivity index (χ3n) is 7.72. The van der Waals surface area contributed by atoms with Crippen LogP contribution in [0.1, 0.15) is 38.4 Å². The van der Waals surface area contributed by atoms with Crippen LogP contribution in [0.15, 0.2) is 48.7 Å². The predicted octanol–water partition coefficient (Wildman–Crippen LogP) is 4.09. The molecule has 7 heteroatoms. The highest BCUT2D eigenvalue weighted by atomic mass is 16.6. The number of ether oxygens (including phenoxy) is 2. The number of carbonyl (C=O) groups excluding carboxylic acids is 2. The van der Waals surface area contributed by atoms with Crippen LogP contribution in [0.25, 0.3) is 17.2 Å². The standard InChI is InChI=1S/C26H25N3O4/c1-15-12-25-23(30)32-17(3)26(25,29-24(31)33-25)22(16(15)2)11-10-20-9-8-19(14-28-20)21-7-5-4-6-18(21)13-27/h4-11,14-17,22H,12H2,1-3H3,(H,29,31)/b11-10+/t15-,16+,17+,22-,25+,26+/m0/s1. The van der Waals surface area contributed by atoms with Gasteiger partial charge in [-0.25, -0.2) is 9.59 Å². The van der Waals surface area contributed by atoms with Crippen LogP contribution in [-0.4, -0.2) is 34.3 Å². The summed E-state index contributed by atoms with van der Waals surface area (Å²) in [5.41, 5.74) is 0.783. The lowest BCUT2D eigenvalue weighted by molar-refractivity contribution is -0.157. The number of amides is 1. The van der Waals surface area contributed by atoms with Gasteiger partial charge in [0.1, 0.15) is 11.6 Å². The van der Waals surface area contributed by atoms with Crippen molar-refractivity contribution >= 4 is 18.1 Å². The van der Waals surface area contributed by atoms with Gasteiger partial charge in [0.2, 0.25) is 5.60 Å². The first-order valence-corrected chi connectivity index (χ1v) is 11.2. The summed E-state index contributed by atoms with van der Waals surface area (Å²) < 4.78 is 11.3. The predicted molar refractivity (Wildman–Crippen MR) is 120 cm³/mol. The second-order valence-electron chi connectivity index (χ2n) is 9.31. The molecule has 1 saturated carbocycles. The fourth-order valence-electron chi connectivity index (χ4n) is 5.88. The van der Waals surface area contributed by atoms with E-state index < -0.39 is 29.3 Å². The van der Waals surface area contributed by atoms with Crippen LogP contribution in [0.2, 0.25) is 0 Å². The second-order valence-corrected chi connectivity index (χ2v) is 9.31. The van der Waals surface area contributed by atoms with Gasteiger partial charge >= 0.3 is 12.1 Å². The Morgan fingerprint density at radius 1 is 1.18 bits per heavy atom. The number of pyridine rings is 1. The van der Waals surface area contributed by atoms with Gasteiger partial charge in [-0.1, -0.05) is 44.2 Å². The second kappa shape index (κ2) is 7.45. The number of hydrogen-bond acceptors (Lipinski definition) is 6. The van der Waals surface area contributed by atoms with Gasteiger partial charge in [-0.05, 0) is 37.0 Å². The number of hydrogen-bond donors (Lipinski definition) is 1. The average Bonchev–Trinajstić information content (AvgIpc) is 3.22. The minimum Gasteiger partial charge on any atom is -0.457 e. The number of alkyl carbamates (subject to hydrolysis) is 1. The van der Waals surface area contributed by atoms with E-state index in [0.29, 0.717) is 12.0 Å². The van der Waals surface area contributed by atoms with Gasteiger partial charge in [-0.15, -0.1) is 0 Å². The summed E-state index contributed by atoms with van der Waals surface area (Å²) in [4.78, 5) is 29.8. The highest BCUT2D eigenvalue weighted by molar-refractivity contribution is 5.92. The van der Waals surface area contributed by atoms with Crippen LogP contribution < -0.4 is 5.32 Å². The molecular formula is C26H25N3O4. The highest BCUT2D eigenvalue weighted by Gasteiger charge is 2.78. The minimum atomic E-state index is -1.30. The average molecular weight is 444 g/mol. The lowest BCUT2D eigenvalue weighted by atomic mass is 9.55. The number of rotatable bonds is 3. The number of aromatic nitrogens is 1. The number of nitriles is 1. The van der Waals surface area contributed by atoms with Gasteiger partial charge in [-0.2, -0.15) is 5.26 Å². The van der Waals surface area contributed by atoms with Gasteiger partial charge in [0, 0.05) is 29.7 Å². The molecule has 1 amide bonds. The Hall–Kier alpha value is -3.66. The van der Waals surface area contributed by atoms with E-state index in [4.69, 9.17) is 9.47 Å². The van der Waals surface area contributed by atoms with E-state index in [0.717, 1.165) is 16.8 Å². The molecule has 7 nitrogen and oxygen atoms in total. The van der Waals surface area contributed by atoms with Crippen LogP contribution in [-0.2, 0) is 14.3 Å². The lowest BCUT2D eigenvalue weighted by Gasteiger charge is -2.49. The maximum atomic E-state index is 12.9. The van der Waals surface area contributed by atoms with Crippen molar-refractivity contribution in [1.29, 1.82) is 5.26 Å². The van der Waals surface area contributed by atoms with Gasteiger partial charge in [-0.3, -0.25) is 4.98 Å². The molecule has 0 radical (unpaired) electrons. The van der Waals surface area contributed by atoms with E-state index >= 15 is 0 Å². The lowest BCUT2D eigenvalue weighted by Crippen LogP contribution is -2.69. The maximum absolute atomic E-state index is 12.9. The number of nitrogens with one attached hydrogen (secondary N) is 1. The Morgan fingerprint density at radius 2 is 1.97 bits per heavy atom. The third-order valence-corrected chi connectivity index (χ3v) is 7.72. The Kier molecular flexibility index (Phi) is 4.78. The van der Waals surface area contributed by atoms with Crippen molar-refractivity contribution in [2.45, 2.75) is 44.4 Å². The molecule has 0 spiro atoms. The van der Waals surface area contributed by atoms with Crippen molar-refractivity contribution in [1.82, 2.24) is 10.3 Å². The van der Waals surface area contributed by atoms with Crippen molar-refractivity contribution in [3.05, 3.63) is 59.9 Å². The van der Waals surface area contributed by atoms with Gasteiger partial charge in [0.15, 0.2) is 0 Å². The van der Waals surface area contributed by atoms with E-state index in [-0.39, 0.29) is 17.8 Å². The molecule has 3 fully saturated rings. The molecule has 5 rings (SSSR count). The van der Waals surface area contributed by atoms with Crippen molar-refractivity contribution in [3.63, 3.8) is 0 Å². The zero-order valence-electron chi connectivity index (χ0n) is 18.7. The Labute approximate surface area is 192 Å². The van der Waals surface area contributed by atoms with E-state index in [2.05, 4.69) is 30.2 Å². The molecule has 2 aliphatic heterocycles. The van der Waals surface area contributed by atoms with E-state index in [1.54, 1.807) is 12.3 Å². The van der Waals surface area contributed by atoms with Crippen LogP contribution in [0.5, 0.6) is 0 Å². The van der Waals surface area contributed by atoms with Gasteiger partial charge in [0.05, 0.1) is 17.3 Å². The van der Waals surface area contributed by atoms with Gasteiger partial charge < -0.3 is 14.8 Å². The summed E-state index contributed by atoms with van der Waals surface area (Å²) in [7, 11) is 0. The van der Waals surface area contributed by atoms with Crippen LogP contribution >= 0.6 is 0 Å². The minimum absolute atomic E-state index is 0.149. The molecule has 168 valence electrons. The Balaban J connectivity index is 1.49. The highest BCUT2D eigenvalue weighted by Crippen LogP contribution is 2.58. The van der Waals surface area contributed by atoms with Crippen molar-refractivity contribution in [3.8, 4) is 17.2 Å². The summed E-state index contributed by atoms with van der Waals surface area (Å²) in [6, 6.07) is 13.5. The molecule has 0 unspecified atom stereocenters. The van der Waals surface area contributed by atoms with Crippen LogP contribution in [0, 0.1) is 29.1 Å². The quantitative estimate of drug-likeness (QED) is 0.717. The molecule has 2 saturated heterocycles. The molecular weight excluding hydrogens is 418 g/mol. The van der Waals surface area contributed by atoms with E-state index in [1.165, 1.54) is 0 Å². The van der Waals surface area contributed by atoms with Crippen molar-refractivity contribution in [2.75, 3.05) is 0 Å². The Bertz CT molecular complexity index is 1200. The smallest absolute Gasteiger partial charge is 0.409 e. The molecule has 1 aromatic heterocycles. The molecule has 1 aromatic carbocycles. The zero-order chi connectivity index (χ0) is 23.4. The summed E-state index contributed by atoms with van der Waals surface area (Å²) in [5.74, 6) is -0.328. The normalized spacial score (nSPS) is 34.7. The molecule has 33 heavy (non-hydrogen) atoms. The number of nitrogens with zero attached hydrogens (tertiary/aromatic N) is 2. The van der Waals surface area contributed by atoms with E-state index in [9.17, 15) is 14.9 Å². The third kappa shape index (κ3) is 2.90. The Morgan fingerprint density at radius 3 is 2.70 bits per heavy atom. The summed E-state index contributed by atoms with van der Waals surface area (Å²) in [5, 5.41) is 12.3. The van der Waals surface area contributed by atoms with Crippen molar-refractivity contribution in [2.24, 2.45) is 17.8 Å². The summed E-state index contributed by atoms with van der Waals surface area (Å²) in [6.07, 6.45) is 5.03. The fraction of sp³-hybridized carbons (Fsp3) is 0.385. The number of carbonyl (C=O) groups is 2. The SMILES string of the molecule is C[C@@H]1[C@@H](C)C[C@]23OC(=O)N[C@]2([C@@H](C)OC3=O)[C@H]1/C=C/c1ccc(-c2ccccc2C#N)cn1. The van der Waals surface area contributed by atoms with Gasteiger partial charge in [0.25, 0.3) is 0 Å². The number of cyclic esters (lactones) is 1. The maximum Gasteiger partial charge on any atom is 0.409 e. The number of esters is 1. The van der Waals surface area contributed by atoms with E-state index in [1.807, 2.05) is 49.4 Å². The van der Waals surface area contributed by atoms with Crippen LogP contribution in [0.3, 0.4) is 0 Å². The first-order chi connectivity index (χ1) is 15.8. The first kappa shape index (κ1) is 21.2. The molecule has 1 N–H and O–H groups in total. The molecule has 6 atom stereocenters. The molecule has 1 aliphatic carbocycles. The zero-order valence-corrected chi connectivity index (χ0v) is 18.7. The first-order valence-electron chi connectivity index (χ1n) is 11.2. The molecule has 3 aliphatic rings. The van der Waals surface area contributed by atoms with Crippen LogP contribution in [0.4, 0.5) is 4.79 Å². The molecule has 3 heterocycles. The summed E-state index contributed by atoms with van der Waals surface area (Å²) in [6.45, 7) is 6.03. The fourth-order valence-corrected chi connectivity index (χ4v) is 5.88. The molecule has 0 bridgehead atoms. The monoisotopic (exact) mass is 443 g/mol. The largest absolute Gasteiger partial charge is 0.457 e. The van der Waals surface area contributed by atoms with Crippen molar-refractivity contribution < 1.29 is 19.1 Å². The molecule has 2 aromatic rings. The topological polar surface area (TPSA) is 101 Å². The summed E-state index contributed by atoms with van der Waals surface area (Å²) >= 11 is 0.